The first-order chi connectivity index (χ1) is 12.1. The second kappa shape index (κ2) is 6.14. The maximum absolute atomic E-state index is 12.7. The molecule has 0 bridgehead atoms. The van der Waals surface area contributed by atoms with Crippen LogP contribution in [0.1, 0.15) is 32.1 Å². The molecule has 3 heterocycles. The summed E-state index contributed by atoms with van der Waals surface area (Å²) in [6.07, 6.45) is 5.42. The standard InChI is InChI=1S/C16H19N5O3S/c1-19-14(23)13-11(7-8-25-13)21-15(19)18-20(16(21)24)9-12(22)17-10-5-3-2-4-6-10/h7-8,10H,2-6,9H2,1H3,(H,17,22). The minimum atomic E-state index is -0.409. The Kier molecular flexibility index (Phi) is 3.95. The zero-order valence-corrected chi connectivity index (χ0v) is 14.7. The molecular weight excluding hydrogens is 342 g/mol. The molecular formula is C16H19N5O3S. The lowest BCUT2D eigenvalue weighted by atomic mass is 9.95. The Bertz CT molecular complexity index is 1070. The third-order valence-corrected chi connectivity index (χ3v) is 5.66. The van der Waals surface area contributed by atoms with Crippen molar-refractivity contribution in [1.82, 2.24) is 24.1 Å². The number of aromatic nitrogens is 4. The molecule has 1 saturated carbocycles. The van der Waals surface area contributed by atoms with Gasteiger partial charge < -0.3 is 5.32 Å². The molecule has 1 aliphatic rings. The van der Waals surface area contributed by atoms with Crippen LogP contribution in [0.4, 0.5) is 0 Å². The van der Waals surface area contributed by atoms with Crippen molar-refractivity contribution in [2.45, 2.75) is 44.7 Å². The van der Waals surface area contributed by atoms with Crippen LogP contribution in [0.3, 0.4) is 0 Å². The number of aryl methyl sites for hydroxylation is 1. The molecule has 1 N–H and O–H groups in total. The van der Waals surface area contributed by atoms with Crippen LogP contribution in [0.15, 0.2) is 21.0 Å². The lowest BCUT2D eigenvalue weighted by Crippen LogP contribution is -2.40. The largest absolute Gasteiger partial charge is 0.352 e. The van der Waals surface area contributed by atoms with Crippen LogP contribution in [0.5, 0.6) is 0 Å². The second-order valence-electron chi connectivity index (χ2n) is 6.48. The van der Waals surface area contributed by atoms with E-state index in [-0.39, 0.29) is 29.8 Å². The lowest BCUT2D eigenvalue weighted by molar-refractivity contribution is -0.122. The molecule has 0 saturated heterocycles. The summed E-state index contributed by atoms with van der Waals surface area (Å²) < 4.78 is 4.37. The molecule has 25 heavy (non-hydrogen) atoms. The summed E-state index contributed by atoms with van der Waals surface area (Å²) in [6.45, 7) is -0.142. The Morgan fingerprint density at radius 2 is 2.08 bits per heavy atom. The number of nitrogens with one attached hydrogen (secondary N) is 1. The van der Waals surface area contributed by atoms with E-state index >= 15 is 0 Å². The number of carbonyl (C=O) groups excluding carboxylic acids is 1. The number of hydrogen-bond donors (Lipinski definition) is 1. The maximum Gasteiger partial charge on any atom is 0.352 e. The summed E-state index contributed by atoms with van der Waals surface area (Å²) in [6, 6.07) is 1.91. The summed E-state index contributed by atoms with van der Waals surface area (Å²) in [4.78, 5) is 37.3. The molecule has 0 unspecified atom stereocenters. The van der Waals surface area contributed by atoms with Gasteiger partial charge in [0.2, 0.25) is 11.7 Å². The minimum absolute atomic E-state index is 0.142. The highest BCUT2D eigenvalue weighted by Crippen LogP contribution is 2.18. The van der Waals surface area contributed by atoms with Gasteiger partial charge in [-0.25, -0.2) is 13.9 Å². The van der Waals surface area contributed by atoms with Crippen LogP contribution in [-0.4, -0.2) is 30.7 Å². The van der Waals surface area contributed by atoms with Crippen LogP contribution >= 0.6 is 11.3 Å². The third-order valence-electron chi connectivity index (χ3n) is 4.77. The highest BCUT2D eigenvalue weighted by Gasteiger charge is 2.20. The normalized spacial score (nSPS) is 15.9. The van der Waals surface area contributed by atoms with E-state index in [0.717, 1.165) is 30.4 Å². The Balaban J connectivity index is 1.70. The molecule has 8 nitrogen and oxygen atoms in total. The van der Waals surface area contributed by atoms with Gasteiger partial charge in [0.15, 0.2) is 0 Å². The monoisotopic (exact) mass is 361 g/mol. The van der Waals surface area contributed by atoms with E-state index in [9.17, 15) is 14.4 Å². The van der Waals surface area contributed by atoms with Crippen LogP contribution in [0, 0.1) is 0 Å². The van der Waals surface area contributed by atoms with Crippen molar-refractivity contribution in [3.05, 3.63) is 32.3 Å². The van der Waals surface area contributed by atoms with Gasteiger partial charge in [-0.3, -0.25) is 14.2 Å². The topological polar surface area (TPSA) is 90.4 Å². The first-order valence-corrected chi connectivity index (χ1v) is 9.29. The molecule has 0 aromatic carbocycles. The molecule has 1 fully saturated rings. The molecule has 0 aliphatic heterocycles. The number of thiophene rings is 1. The smallest absolute Gasteiger partial charge is 0.352 e. The molecule has 1 aliphatic carbocycles. The van der Waals surface area contributed by atoms with Gasteiger partial charge in [0, 0.05) is 13.1 Å². The summed E-state index contributed by atoms with van der Waals surface area (Å²) in [7, 11) is 1.58. The van der Waals surface area contributed by atoms with Gasteiger partial charge in [-0.05, 0) is 24.3 Å². The van der Waals surface area contributed by atoms with Crippen molar-refractivity contribution >= 4 is 33.2 Å². The zero-order valence-electron chi connectivity index (χ0n) is 13.9. The van der Waals surface area contributed by atoms with Gasteiger partial charge in [-0.15, -0.1) is 16.4 Å². The average molecular weight is 361 g/mol. The van der Waals surface area contributed by atoms with Gasteiger partial charge in [0.25, 0.3) is 5.56 Å². The van der Waals surface area contributed by atoms with E-state index in [1.165, 1.54) is 26.7 Å². The van der Waals surface area contributed by atoms with Crippen molar-refractivity contribution < 1.29 is 4.79 Å². The predicted octanol–water partition coefficient (Wildman–Crippen LogP) is 0.858. The highest BCUT2D eigenvalue weighted by molar-refractivity contribution is 7.17. The van der Waals surface area contributed by atoms with E-state index in [1.54, 1.807) is 18.5 Å². The summed E-state index contributed by atoms with van der Waals surface area (Å²) in [5, 5.41) is 8.96. The highest BCUT2D eigenvalue weighted by atomic mass is 32.1. The van der Waals surface area contributed by atoms with Crippen LogP contribution in [0.2, 0.25) is 0 Å². The summed E-state index contributed by atoms with van der Waals surface area (Å²) >= 11 is 1.29. The molecule has 4 rings (SSSR count). The van der Waals surface area contributed by atoms with Crippen molar-refractivity contribution in [3.63, 3.8) is 0 Å². The van der Waals surface area contributed by atoms with Crippen molar-refractivity contribution in [1.29, 1.82) is 0 Å². The van der Waals surface area contributed by atoms with E-state index in [0.29, 0.717) is 10.2 Å². The van der Waals surface area contributed by atoms with Crippen molar-refractivity contribution in [2.24, 2.45) is 7.05 Å². The second-order valence-corrected chi connectivity index (χ2v) is 7.39. The molecule has 3 aromatic heterocycles. The van der Waals surface area contributed by atoms with Gasteiger partial charge >= 0.3 is 5.69 Å². The summed E-state index contributed by atoms with van der Waals surface area (Å²) in [5.41, 5.74) is -0.0684. The Morgan fingerprint density at radius 3 is 2.84 bits per heavy atom. The van der Waals surface area contributed by atoms with Crippen molar-refractivity contribution in [2.75, 3.05) is 0 Å². The molecule has 132 valence electrons. The SMILES string of the molecule is Cn1c(=O)c2sccc2n2c(=O)n(CC(=O)NC3CCCCC3)nc12. The number of fused-ring (bicyclic) bond motifs is 3. The quantitative estimate of drug-likeness (QED) is 0.749. The fraction of sp³-hybridized carbons (Fsp3) is 0.500. The molecule has 1 amide bonds. The minimum Gasteiger partial charge on any atom is -0.352 e. The fourth-order valence-electron chi connectivity index (χ4n) is 3.47. The molecule has 0 atom stereocenters. The van der Waals surface area contributed by atoms with Gasteiger partial charge in [0.1, 0.15) is 11.2 Å². The number of nitrogens with zero attached hydrogens (tertiary/aromatic N) is 4. The predicted molar refractivity (Wildman–Crippen MR) is 95.1 cm³/mol. The number of carbonyl (C=O) groups is 1. The van der Waals surface area contributed by atoms with Crippen LogP contribution in [0.25, 0.3) is 16.0 Å². The third kappa shape index (κ3) is 2.68. The Morgan fingerprint density at radius 1 is 1.32 bits per heavy atom. The Hall–Kier alpha value is -2.42. The van der Waals surface area contributed by atoms with Gasteiger partial charge in [0.05, 0.1) is 5.52 Å². The number of amides is 1. The van der Waals surface area contributed by atoms with E-state index in [2.05, 4.69) is 10.4 Å². The van der Waals surface area contributed by atoms with Crippen molar-refractivity contribution in [3.8, 4) is 0 Å². The first kappa shape index (κ1) is 16.1. The fourth-order valence-corrected chi connectivity index (χ4v) is 4.32. The maximum atomic E-state index is 12.7. The first-order valence-electron chi connectivity index (χ1n) is 8.41. The molecule has 9 heteroatoms. The van der Waals surface area contributed by atoms with Gasteiger partial charge in [-0.2, -0.15) is 0 Å². The average Bonchev–Trinajstić information content (AvgIpc) is 3.19. The molecule has 0 radical (unpaired) electrons. The van der Waals surface area contributed by atoms with Crippen LogP contribution in [-0.2, 0) is 18.4 Å². The van der Waals surface area contributed by atoms with E-state index < -0.39 is 5.69 Å². The molecule has 3 aromatic rings. The number of hydrogen-bond acceptors (Lipinski definition) is 5. The van der Waals surface area contributed by atoms with Gasteiger partial charge in [-0.1, -0.05) is 19.3 Å². The summed E-state index contributed by atoms with van der Waals surface area (Å²) in [5.74, 6) is 0.0235. The van der Waals surface area contributed by atoms with E-state index in [4.69, 9.17) is 0 Å². The van der Waals surface area contributed by atoms with E-state index in [1.807, 2.05) is 0 Å². The molecule has 0 spiro atoms. The zero-order chi connectivity index (χ0) is 17.6. The van der Waals surface area contributed by atoms with Crippen LogP contribution < -0.4 is 16.6 Å². The number of rotatable bonds is 3. The Labute approximate surface area is 146 Å². The lowest BCUT2D eigenvalue weighted by Gasteiger charge is -2.22.